The highest BCUT2D eigenvalue weighted by atomic mass is 19.4. The second-order valence-electron chi connectivity index (χ2n) is 8.02. The van der Waals surface area contributed by atoms with Gasteiger partial charge in [-0.2, -0.15) is 13.2 Å². The predicted octanol–water partition coefficient (Wildman–Crippen LogP) is 3.67. The van der Waals surface area contributed by atoms with E-state index in [0.29, 0.717) is 29.4 Å². The highest BCUT2D eigenvalue weighted by Crippen LogP contribution is 2.40. The summed E-state index contributed by atoms with van der Waals surface area (Å²) in [5.41, 5.74) is 0.291. The molecule has 0 unspecified atom stereocenters. The minimum absolute atomic E-state index is 0.0943. The number of hydrogen-bond donors (Lipinski definition) is 1. The van der Waals surface area contributed by atoms with Gasteiger partial charge in [0.25, 0.3) is 5.91 Å². The minimum atomic E-state index is -4.48. The molecule has 1 aliphatic carbocycles. The van der Waals surface area contributed by atoms with Crippen LogP contribution in [0.5, 0.6) is 0 Å². The number of fused-ring (bicyclic) bond motifs is 2. The second-order valence-corrected chi connectivity index (χ2v) is 8.02. The SMILES string of the molecule is O=C(c1ccccc1-c1ncccn1)N1C[C@@H]2C[C@@H](Nc3ncc(C(F)(F)F)cn3)[C@@H]1C2. The quantitative estimate of drug-likeness (QED) is 0.667. The van der Waals surface area contributed by atoms with Crippen molar-refractivity contribution >= 4 is 11.9 Å². The van der Waals surface area contributed by atoms with Crippen molar-refractivity contribution in [3.63, 3.8) is 0 Å². The van der Waals surface area contributed by atoms with Gasteiger partial charge in [0, 0.05) is 42.9 Å². The third-order valence-electron chi connectivity index (χ3n) is 6.00. The lowest BCUT2D eigenvalue weighted by Gasteiger charge is -2.34. The van der Waals surface area contributed by atoms with E-state index in [1.165, 1.54) is 0 Å². The molecule has 1 saturated carbocycles. The van der Waals surface area contributed by atoms with Crippen LogP contribution in [0.15, 0.2) is 55.1 Å². The molecule has 0 radical (unpaired) electrons. The van der Waals surface area contributed by atoms with Crippen LogP contribution in [0.3, 0.4) is 0 Å². The van der Waals surface area contributed by atoms with E-state index in [9.17, 15) is 18.0 Å². The maximum absolute atomic E-state index is 13.5. The van der Waals surface area contributed by atoms with Crippen LogP contribution in [0.4, 0.5) is 19.1 Å². The standard InChI is InChI=1S/C22H19F3N6O/c23-22(24,25)14-10-28-21(29-11-14)30-17-8-13-9-18(17)31(12-13)20(32)16-5-2-1-4-15(16)19-26-6-3-7-27-19/h1-7,10-11,13,17-18H,8-9,12H2,(H,28,29,30)/t13-,17-,18+/m1/s1. The minimum Gasteiger partial charge on any atom is -0.349 e. The van der Waals surface area contributed by atoms with Gasteiger partial charge in [-0.05, 0) is 30.9 Å². The first kappa shape index (κ1) is 20.3. The van der Waals surface area contributed by atoms with E-state index >= 15 is 0 Å². The number of anilines is 1. The van der Waals surface area contributed by atoms with Gasteiger partial charge in [-0.25, -0.2) is 19.9 Å². The largest absolute Gasteiger partial charge is 0.419 e. The lowest BCUT2D eigenvalue weighted by Crippen LogP contribution is -2.48. The molecule has 2 aromatic heterocycles. The molecule has 5 rings (SSSR count). The number of likely N-dealkylation sites (tertiary alicyclic amines) is 1. The van der Waals surface area contributed by atoms with Crippen molar-refractivity contribution < 1.29 is 18.0 Å². The Kier molecular flexibility index (Phi) is 4.99. The van der Waals surface area contributed by atoms with Crippen molar-refractivity contribution in [2.24, 2.45) is 5.92 Å². The molecule has 3 aromatic rings. The molecule has 10 heteroatoms. The predicted molar refractivity (Wildman–Crippen MR) is 109 cm³/mol. The number of piperidine rings is 1. The smallest absolute Gasteiger partial charge is 0.349 e. The van der Waals surface area contributed by atoms with Gasteiger partial charge in [-0.1, -0.05) is 18.2 Å². The number of hydrogen-bond acceptors (Lipinski definition) is 6. The number of alkyl halides is 3. The molecule has 2 fully saturated rings. The second kappa shape index (κ2) is 7.85. The number of nitrogens with one attached hydrogen (secondary N) is 1. The van der Waals surface area contributed by atoms with Crippen LogP contribution in [0.1, 0.15) is 28.8 Å². The van der Waals surface area contributed by atoms with E-state index in [1.807, 2.05) is 17.0 Å². The Morgan fingerprint density at radius 3 is 2.41 bits per heavy atom. The lowest BCUT2D eigenvalue weighted by atomic mass is 10.0. The third kappa shape index (κ3) is 3.76. The highest BCUT2D eigenvalue weighted by molar-refractivity contribution is 6.00. The number of halogens is 3. The van der Waals surface area contributed by atoms with Crippen LogP contribution in [0.2, 0.25) is 0 Å². The first-order chi connectivity index (χ1) is 15.4. The summed E-state index contributed by atoms with van der Waals surface area (Å²) < 4.78 is 38.3. The number of carbonyl (C=O) groups excluding carboxylic acids is 1. The van der Waals surface area contributed by atoms with Crippen molar-refractivity contribution in [2.75, 3.05) is 11.9 Å². The summed E-state index contributed by atoms with van der Waals surface area (Å²) >= 11 is 0. The van der Waals surface area contributed by atoms with E-state index in [-0.39, 0.29) is 23.9 Å². The van der Waals surface area contributed by atoms with Crippen molar-refractivity contribution in [1.82, 2.24) is 24.8 Å². The molecule has 1 aromatic carbocycles. The maximum Gasteiger partial charge on any atom is 0.419 e. The average Bonchev–Trinajstić information content (AvgIpc) is 3.40. The van der Waals surface area contributed by atoms with E-state index in [2.05, 4.69) is 25.3 Å². The van der Waals surface area contributed by atoms with Crippen molar-refractivity contribution in [2.45, 2.75) is 31.1 Å². The Bertz CT molecular complexity index is 1120. The van der Waals surface area contributed by atoms with Crippen molar-refractivity contribution in [3.8, 4) is 11.4 Å². The summed E-state index contributed by atoms with van der Waals surface area (Å²) in [4.78, 5) is 31.5. The first-order valence-electron chi connectivity index (χ1n) is 10.2. The molecule has 7 nitrogen and oxygen atoms in total. The van der Waals surface area contributed by atoms with Gasteiger partial charge in [0.05, 0.1) is 17.2 Å². The summed E-state index contributed by atoms with van der Waals surface area (Å²) in [6.07, 6.45) is 1.94. The van der Waals surface area contributed by atoms with Crippen LogP contribution in [-0.4, -0.2) is 49.4 Å². The Morgan fingerprint density at radius 1 is 1.00 bits per heavy atom. The Labute approximate surface area is 181 Å². The summed E-state index contributed by atoms with van der Waals surface area (Å²) in [6.45, 7) is 0.638. The van der Waals surface area contributed by atoms with E-state index in [0.717, 1.165) is 25.2 Å². The van der Waals surface area contributed by atoms with Crippen molar-refractivity contribution in [3.05, 3.63) is 66.2 Å². The zero-order valence-electron chi connectivity index (χ0n) is 16.8. The van der Waals surface area contributed by atoms with Gasteiger partial charge in [-0.15, -0.1) is 0 Å². The van der Waals surface area contributed by atoms with Gasteiger partial charge in [-0.3, -0.25) is 4.79 Å². The lowest BCUT2D eigenvalue weighted by molar-refractivity contribution is -0.138. The molecule has 1 aliphatic heterocycles. The van der Waals surface area contributed by atoms with Gasteiger partial charge in [0.15, 0.2) is 5.82 Å². The molecule has 3 heterocycles. The molecule has 32 heavy (non-hydrogen) atoms. The van der Waals surface area contributed by atoms with Gasteiger partial charge in [0.2, 0.25) is 5.95 Å². The maximum atomic E-state index is 13.5. The van der Waals surface area contributed by atoms with Crippen LogP contribution in [-0.2, 0) is 6.18 Å². The molecule has 1 saturated heterocycles. The summed E-state index contributed by atoms with van der Waals surface area (Å²) in [5, 5.41) is 3.13. The Morgan fingerprint density at radius 2 is 1.72 bits per heavy atom. The molecule has 2 aliphatic rings. The topological polar surface area (TPSA) is 83.9 Å². The van der Waals surface area contributed by atoms with Gasteiger partial charge < -0.3 is 10.2 Å². The summed E-state index contributed by atoms with van der Waals surface area (Å²) in [7, 11) is 0. The van der Waals surface area contributed by atoms with Crippen LogP contribution >= 0.6 is 0 Å². The molecule has 0 spiro atoms. The molecular weight excluding hydrogens is 421 g/mol. The monoisotopic (exact) mass is 440 g/mol. The first-order valence-corrected chi connectivity index (χ1v) is 10.2. The normalized spacial score (nSPS) is 22.2. The highest BCUT2D eigenvalue weighted by Gasteiger charge is 2.47. The van der Waals surface area contributed by atoms with Crippen LogP contribution in [0.25, 0.3) is 11.4 Å². The fourth-order valence-electron chi connectivity index (χ4n) is 4.59. The number of amides is 1. The number of nitrogens with zero attached hydrogens (tertiary/aromatic N) is 5. The zero-order chi connectivity index (χ0) is 22.3. The Balaban J connectivity index is 1.35. The third-order valence-corrected chi connectivity index (χ3v) is 6.00. The molecule has 3 atom stereocenters. The summed E-state index contributed by atoms with van der Waals surface area (Å²) in [5.74, 6) is 0.811. The van der Waals surface area contributed by atoms with E-state index in [1.54, 1.807) is 30.6 Å². The summed E-state index contributed by atoms with van der Waals surface area (Å²) in [6, 6.07) is 8.72. The van der Waals surface area contributed by atoms with Gasteiger partial charge in [0.1, 0.15) is 0 Å². The molecule has 164 valence electrons. The average molecular weight is 440 g/mol. The van der Waals surface area contributed by atoms with Gasteiger partial charge >= 0.3 is 6.18 Å². The molecule has 2 bridgehead atoms. The van der Waals surface area contributed by atoms with Crippen LogP contribution in [0, 0.1) is 5.92 Å². The number of rotatable bonds is 4. The van der Waals surface area contributed by atoms with Crippen LogP contribution < -0.4 is 5.32 Å². The van der Waals surface area contributed by atoms with E-state index < -0.39 is 11.7 Å². The number of carbonyl (C=O) groups is 1. The number of benzene rings is 1. The molecule has 1 N–H and O–H groups in total. The fraction of sp³-hybridized carbons (Fsp3) is 0.318. The van der Waals surface area contributed by atoms with E-state index in [4.69, 9.17) is 0 Å². The molecule has 1 amide bonds. The van der Waals surface area contributed by atoms with Crippen molar-refractivity contribution in [1.29, 1.82) is 0 Å². The molecular formula is C22H19F3N6O. The number of aromatic nitrogens is 4. The zero-order valence-corrected chi connectivity index (χ0v) is 16.8. The Hall–Kier alpha value is -3.56. The fourth-order valence-corrected chi connectivity index (χ4v) is 4.59.